The molecule has 0 fully saturated rings. The molecule has 3 aromatic rings. The number of carbonyl (C=O) groups excluding carboxylic acids is 3. The predicted molar refractivity (Wildman–Crippen MR) is 121 cm³/mol. The van der Waals surface area contributed by atoms with Crippen LogP contribution >= 0.6 is 0 Å². The van der Waals surface area contributed by atoms with E-state index < -0.39 is 23.5 Å². The van der Waals surface area contributed by atoms with E-state index in [1.165, 1.54) is 25.3 Å². The molecule has 0 saturated heterocycles. The van der Waals surface area contributed by atoms with Crippen molar-refractivity contribution in [2.24, 2.45) is 0 Å². The minimum Gasteiger partial charge on any atom is -0.493 e. The zero-order valence-electron chi connectivity index (χ0n) is 17.8. The van der Waals surface area contributed by atoms with Crippen molar-refractivity contribution in [2.45, 2.75) is 0 Å². The largest absolute Gasteiger partial charge is 0.493 e. The molecule has 0 radical (unpaired) electrons. The summed E-state index contributed by atoms with van der Waals surface area (Å²) in [6.45, 7) is -0.588. The first-order valence-electron chi connectivity index (χ1n) is 9.94. The number of ether oxygens (including phenoxy) is 2. The molecule has 0 unspecified atom stereocenters. The summed E-state index contributed by atoms with van der Waals surface area (Å²) in [5.74, 6) is -1.33. The van der Waals surface area contributed by atoms with Crippen LogP contribution in [0.15, 0.2) is 72.8 Å². The number of anilines is 2. The zero-order valence-corrected chi connectivity index (χ0v) is 17.8. The third-order valence-corrected chi connectivity index (χ3v) is 4.39. The van der Waals surface area contributed by atoms with Crippen LogP contribution in [-0.4, -0.2) is 38.0 Å². The lowest BCUT2D eigenvalue weighted by Crippen LogP contribution is -2.33. The highest BCUT2D eigenvalue weighted by Gasteiger charge is 2.12. The van der Waals surface area contributed by atoms with Crippen molar-refractivity contribution in [1.29, 1.82) is 0 Å². The highest BCUT2D eigenvalue weighted by Crippen LogP contribution is 2.25. The normalized spacial score (nSPS) is 10.1. The first-order chi connectivity index (χ1) is 16.0. The van der Waals surface area contributed by atoms with Gasteiger partial charge in [-0.05, 0) is 42.5 Å². The Bertz CT molecular complexity index is 1150. The molecule has 0 atom stereocenters. The quantitative estimate of drug-likeness (QED) is 0.463. The van der Waals surface area contributed by atoms with Crippen LogP contribution in [-0.2, 0) is 9.59 Å². The second kappa shape index (κ2) is 11.3. The first-order valence-corrected chi connectivity index (χ1v) is 9.94. The molecule has 8 nitrogen and oxygen atoms in total. The predicted octanol–water partition coefficient (Wildman–Crippen LogP) is 3.22. The summed E-state index contributed by atoms with van der Waals surface area (Å²) in [6.07, 6.45) is 0. The molecule has 0 bridgehead atoms. The Labute approximate surface area is 189 Å². The summed E-state index contributed by atoms with van der Waals surface area (Å²) < 4.78 is 24.3. The maximum atomic E-state index is 13.6. The van der Waals surface area contributed by atoms with Crippen molar-refractivity contribution in [3.63, 3.8) is 0 Å². The molecule has 170 valence electrons. The summed E-state index contributed by atoms with van der Waals surface area (Å²) in [7, 11) is 1.51. The number of para-hydroxylation sites is 2. The van der Waals surface area contributed by atoms with Crippen molar-refractivity contribution in [2.75, 3.05) is 30.9 Å². The number of methoxy groups -OCH3 is 1. The van der Waals surface area contributed by atoms with Gasteiger partial charge >= 0.3 is 0 Å². The van der Waals surface area contributed by atoms with Gasteiger partial charge in [-0.2, -0.15) is 0 Å². The van der Waals surface area contributed by atoms with Crippen molar-refractivity contribution in [3.8, 4) is 11.5 Å². The van der Waals surface area contributed by atoms with Gasteiger partial charge in [0.25, 0.3) is 11.8 Å². The molecule has 0 aliphatic rings. The van der Waals surface area contributed by atoms with E-state index >= 15 is 0 Å². The second-order valence-corrected chi connectivity index (χ2v) is 6.78. The fourth-order valence-corrected chi connectivity index (χ4v) is 2.86. The molecule has 3 aromatic carbocycles. The molecule has 3 rings (SSSR count). The van der Waals surface area contributed by atoms with Crippen LogP contribution in [0.4, 0.5) is 15.8 Å². The maximum absolute atomic E-state index is 13.6. The number of halogens is 1. The molecule has 3 N–H and O–H groups in total. The van der Waals surface area contributed by atoms with Crippen LogP contribution in [0.2, 0.25) is 0 Å². The zero-order chi connectivity index (χ0) is 23.6. The fraction of sp³-hybridized carbons (Fsp3) is 0.125. The Kier molecular flexibility index (Phi) is 7.96. The Hall–Kier alpha value is -4.40. The molecule has 0 aliphatic heterocycles. The fourth-order valence-electron chi connectivity index (χ4n) is 2.86. The number of nitrogens with one attached hydrogen (secondary N) is 3. The average molecular weight is 451 g/mol. The number of amides is 3. The average Bonchev–Trinajstić information content (AvgIpc) is 2.82. The number of hydrogen-bond acceptors (Lipinski definition) is 5. The van der Waals surface area contributed by atoms with Gasteiger partial charge in [0.1, 0.15) is 5.82 Å². The molecule has 0 spiro atoms. The van der Waals surface area contributed by atoms with Gasteiger partial charge in [0.05, 0.1) is 19.2 Å². The van der Waals surface area contributed by atoms with E-state index in [1.54, 1.807) is 48.5 Å². The Morgan fingerprint density at radius 3 is 2.15 bits per heavy atom. The maximum Gasteiger partial charge on any atom is 0.262 e. The van der Waals surface area contributed by atoms with E-state index in [9.17, 15) is 18.8 Å². The van der Waals surface area contributed by atoms with Gasteiger partial charge in [-0.15, -0.1) is 0 Å². The SMILES string of the molecule is COc1ccccc1OCC(=O)Nc1cccc(NC(=O)CNC(=O)c2ccccc2F)c1. The summed E-state index contributed by atoms with van der Waals surface area (Å²) in [6, 6.07) is 18.9. The van der Waals surface area contributed by atoms with Crippen LogP contribution in [0.5, 0.6) is 11.5 Å². The van der Waals surface area contributed by atoms with Crippen molar-refractivity contribution < 1.29 is 28.2 Å². The van der Waals surface area contributed by atoms with E-state index in [0.717, 1.165) is 6.07 Å². The van der Waals surface area contributed by atoms with Crippen LogP contribution in [0, 0.1) is 5.82 Å². The number of carbonyl (C=O) groups is 3. The topological polar surface area (TPSA) is 106 Å². The van der Waals surface area contributed by atoms with Gasteiger partial charge in [0.2, 0.25) is 5.91 Å². The van der Waals surface area contributed by atoms with E-state index in [0.29, 0.717) is 22.9 Å². The van der Waals surface area contributed by atoms with Crippen LogP contribution in [0.1, 0.15) is 10.4 Å². The molecule has 0 heterocycles. The minimum atomic E-state index is -0.695. The number of rotatable bonds is 9. The standard InChI is InChI=1S/C24H22FN3O5/c1-32-20-11-4-5-12-21(20)33-15-23(30)28-17-8-6-7-16(13-17)27-22(29)14-26-24(31)18-9-2-3-10-19(18)25/h2-13H,14-15H2,1H3,(H,26,31)(H,27,29)(H,28,30). The summed E-state index contributed by atoms with van der Waals surface area (Å²) in [5.41, 5.74) is 0.700. The molecule has 0 saturated carbocycles. The van der Waals surface area contributed by atoms with E-state index in [1.807, 2.05) is 0 Å². The third-order valence-electron chi connectivity index (χ3n) is 4.39. The number of hydrogen-bond donors (Lipinski definition) is 3. The van der Waals surface area contributed by atoms with Gasteiger partial charge in [0.15, 0.2) is 18.1 Å². The van der Waals surface area contributed by atoms with Gasteiger partial charge in [-0.25, -0.2) is 4.39 Å². The summed E-state index contributed by atoms with van der Waals surface area (Å²) in [5, 5.41) is 7.64. The van der Waals surface area contributed by atoms with E-state index in [4.69, 9.17) is 9.47 Å². The monoisotopic (exact) mass is 451 g/mol. The second-order valence-electron chi connectivity index (χ2n) is 6.78. The molecular weight excluding hydrogens is 429 g/mol. The van der Waals surface area contributed by atoms with Gasteiger partial charge in [-0.1, -0.05) is 30.3 Å². The highest BCUT2D eigenvalue weighted by molar-refractivity contribution is 6.00. The Morgan fingerprint density at radius 2 is 1.45 bits per heavy atom. The molecule has 33 heavy (non-hydrogen) atoms. The van der Waals surface area contributed by atoms with Crippen molar-refractivity contribution >= 4 is 29.1 Å². The summed E-state index contributed by atoms with van der Waals surface area (Å²) in [4.78, 5) is 36.4. The smallest absolute Gasteiger partial charge is 0.262 e. The lowest BCUT2D eigenvalue weighted by molar-refractivity contribution is -0.118. The molecule has 0 aromatic heterocycles. The Morgan fingerprint density at radius 1 is 0.818 bits per heavy atom. The van der Waals surface area contributed by atoms with Crippen molar-refractivity contribution in [1.82, 2.24) is 5.32 Å². The summed E-state index contributed by atoms with van der Waals surface area (Å²) >= 11 is 0. The van der Waals surface area contributed by atoms with Crippen LogP contribution < -0.4 is 25.4 Å². The van der Waals surface area contributed by atoms with Crippen LogP contribution in [0.3, 0.4) is 0 Å². The lowest BCUT2D eigenvalue weighted by Gasteiger charge is -2.11. The van der Waals surface area contributed by atoms with Gasteiger partial charge < -0.3 is 25.4 Å². The highest BCUT2D eigenvalue weighted by atomic mass is 19.1. The van der Waals surface area contributed by atoms with Crippen LogP contribution in [0.25, 0.3) is 0 Å². The first kappa shape index (κ1) is 23.3. The molecule has 9 heteroatoms. The van der Waals surface area contributed by atoms with Gasteiger partial charge in [0, 0.05) is 11.4 Å². The Balaban J connectivity index is 1.49. The molecule has 0 aliphatic carbocycles. The van der Waals surface area contributed by atoms with Crippen molar-refractivity contribution in [3.05, 3.63) is 84.2 Å². The lowest BCUT2D eigenvalue weighted by atomic mass is 10.2. The third kappa shape index (κ3) is 6.79. The van der Waals surface area contributed by atoms with E-state index in [-0.39, 0.29) is 18.7 Å². The van der Waals surface area contributed by atoms with Gasteiger partial charge in [-0.3, -0.25) is 14.4 Å². The molecular formula is C24H22FN3O5. The molecule has 3 amide bonds. The van der Waals surface area contributed by atoms with E-state index in [2.05, 4.69) is 16.0 Å². The number of benzene rings is 3. The minimum absolute atomic E-state index is 0.148.